The average Bonchev–Trinajstić information content (AvgIpc) is 2.36. The molecule has 0 atom stereocenters. The Morgan fingerprint density at radius 3 is 2.28 bits per heavy atom. The van der Waals surface area contributed by atoms with Gasteiger partial charge in [0.1, 0.15) is 5.78 Å². The summed E-state index contributed by atoms with van der Waals surface area (Å²) in [6.45, 7) is 3.84. The molecule has 0 fully saturated rings. The number of sulfonamides is 1. The molecule has 0 bridgehead atoms. The van der Waals surface area contributed by atoms with Gasteiger partial charge in [-0.3, -0.25) is 4.79 Å². The summed E-state index contributed by atoms with van der Waals surface area (Å²) in [6, 6.07) is 8.23. The first kappa shape index (κ1) is 14.9. The van der Waals surface area contributed by atoms with Gasteiger partial charge in [-0.2, -0.15) is 0 Å². The summed E-state index contributed by atoms with van der Waals surface area (Å²) in [5, 5.41) is 0. The Hall–Kier alpha value is -1.20. The normalized spacial score (nSPS) is 12.1. The van der Waals surface area contributed by atoms with Crippen LogP contribution >= 0.6 is 0 Å². The van der Waals surface area contributed by atoms with Gasteiger partial charge in [-0.15, -0.1) is 0 Å². The second kappa shape index (κ2) is 6.11. The molecule has 0 aromatic heterocycles. The molecule has 100 valence electrons. The van der Waals surface area contributed by atoms with Crippen LogP contribution in [0, 0.1) is 5.92 Å². The largest absolute Gasteiger partial charge is 0.299 e. The van der Waals surface area contributed by atoms with Crippen LogP contribution in [0.15, 0.2) is 35.2 Å². The number of Topliss-reactive ketones (excluding diaryl/α,β-unsaturated/α-hetero) is 1. The van der Waals surface area contributed by atoms with E-state index in [0.29, 0.717) is 0 Å². The van der Waals surface area contributed by atoms with E-state index in [1.165, 1.54) is 11.4 Å². The number of rotatable bonds is 6. The molecular weight excluding hydrogens is 250 g/mol. The molecule has 0 aliphatic heterocycles. The molecule has 0 aliphatic rings. The molecule has 0 N–H and O–H groups in total. The van der Waals surface area contributed by atoms with E-state index in [0.717, 1.165) is 0 Å². The summed E-state index contributed by atoms with van der Waals surface area (Å²) in [5.74, 6) is 0.0166. The molecule has 0 aliphatic carbocycles. The first-order chi connectivity index (χ1) is 8.35. The third kappa shape index (κ3) is 3.65. The molecule has 4 nitrogen and oxygen atoms in total. The molecule has 1 aromatic carbocycles. The maximum absolute atomic E-state index is 12.1. The average molecular weight is 269 g/mol. The quantitative estimate of drug-likeness (QED) is 0.793. The zero-order valence-electron chi connectivity index (χ0n) is 11.0. The van der Waals surface area contributed by atoms with Crippen molar-refractivity contribution in [3.8, 4) is 0 Å². The molecule has 1 aromatic rings. The third-order valence-corrected chi connectivity index (χ3v) is 4.64. The minimum absolute atomic E-state index is 0.0576. The van der Waals surface area contributed by atoms with E-state index in [1.807, 2.05) is 13.8 Å². The molecule has 0 saturated heterocycles. The van der Waals surface area contributed by atoms with Gasteiger partial charge in [0.2, 0.25) is 10.0 Å². The molecule has 0 heterocycles. The summed E-state index contributed by atoms with van der Waals surface area (Å²) in [4.78, 5) is 11.7. The Morgan fingerprint density at radius 2 is 1.78 bits per heavy atom. The van der Waals surface area contributed by atoms with Gasteiger partial charge in [0.15, 0.2) is 0 Å². The van der Waals surface area contributed by atoms with Crippen LogP contribution in [0.1, 0.15) is 20.3 Å². The van der Waals surface area contributed by atoms with Gasteiger partial charge in [-0.25, -0.2) is 12.7 Å². The number of carbonyl (C=O) groups is 1. The smallest absolute Gasteiger partial charge is 0.242 e. The van der Waals surface area contributed by atoms with Crippen molar-refractivity contribution in [3.05, 3.63) is 30.3 Å². The molecule has 5 heteroatoms. The lowest BCUT2D eigenvalue weighted by atomic mass is 10.1. The predicted octanol–water partition coefficient (Wildman–Crippen LogP) is 1.92. The zero-order chi connectivity index (χ0) is 13.8. The van der Waals surface area contributed by atoms with Crippen LogP contribution in [-0.2, 0) is 14.8 Å². The van der Waals surface area contributed by atoms with E-state index in [4.69, 9.17) is 0 Å². The van der Waals surface area contributed by atoms with Crippen molar-refractivity contribution in [2.24, 2.45) is 5.92 Å². The van der Waals surface area contributed by atoms with Crippen molar-refractivity contribution < 1.29 is 13.2 Å². The van der Waals surface area contributed by atoms with Crippen LogP contribution in [0.3, 0.4) is 0 Å². The van der Waals surface area contributed by atoms with Crippen molar-refractivity contribution in [2.45, 2.75) is 25.2 Å². The van der Waals surface area contributed by atoms with Gasteiger partial charge in [0.05, 0.1) is 4.90 Å². The summed E-state index contributed by atoms with van der Waals surface area (Å²) in [7, 11) is -1.98. The molecule has 0 radical (unpaired) electrons. The van der Waals surface area contributed by atoms with E-state index < -0.39 is 10.0 Å². The highest BCUT2D eigenvalue weighted by Gasteiger charge is 2.21. The standard InChI is InChI=1S/C13H19NO3S/c1-11(2)13(15)9-10-14(3)18(16,17)12-7-5-4-6-8-12/h4-8,11H,9-10H2,1-3H3. The summed E-state index contributed by atoms with van der Waals surface area (Å²) >= 11 is 0. The van der Waals surface area contributed by atoms with Crippen molar-refractivity contribution in [2.75, 3.05) is 13.6 Å². The van der Waals surface area contributed by atoms with E-state index >= 15 is 0 Å². The SMILES string of the molecule is CC(C)C(=O)CCN(C)S(=O)(=O)c1ccccc1. The number of ketones is 1. The van der Waals surface area contributed by atoms with Crippen LogP contribution in [0.2, 0.25) is 0 Å². The van der Waals surface area contributed by atoms with Gasteiger partial charge in [-0.1, -0.05) is 32.0 Å². The number of benzene rings is 1. The van der Waals surface area contributed by atoms with Crippen LogP contribution in [-0.4, -0.2) is 32.1 Å². The Kier molecular flexibility index (Phi) is 5.04. The van der Waals surface area contributed by atoms with Crippen LogP contribution < -0.4 is 0 Å². The van der Waals surface area contributed by atoms with Crippen molar-refractivity contribution >= 4 is 15.8 Å². The van der Waals surface area contributed by atoms with Gasteiger partial charge in [-0.05, 0) is 12.1 Å². The number of nitrogens with zero attached hydrogens (tertiary/aromatic N) is 1. The fraction of sp³-hybridized carbons (Fsp3) is 0.462. The highest BCUT2D eigenvalue weighted by atomic mass is 32.2. The predicted molar refractivity (Wildman–Crippen MR) is 70.7 cm³/mol. The summed E-state index contributed by atoms with van der Waals surface area (Å²) in [5.41, 5.74) is 0. The lowest BCUT2D eigenvalue weighted by Crippen LogP contribution is -2.29. The molecule has 0 saturated carbocycles. The number of carbonyl (C=O) groups excluding carboxylic acids is 1. The Balaban J connectivity index is 2.72. The van der Waals surface area contributed by atoms with E-state index in [2.05, 4.69) is 0 Å². The van der Waals surface area contributed by atoms with Crippen LogP contribution in [0.5, 0.6) is 0 Å². The van der Waals surface area contributed by atoms with Crippen molar-refractivity contribution in [1.82, 2.24) is 4.31 Å². The lowest BCUT2D eigenvalue weighted by molar-refractivity contribution is -0.121. The van der Waals surface area contributed by atoms with Gasteiger partial charge in [0, 0.05) is 25.9 Å². The molecule has 18 heavy (non-hydrogen) atoms. The van der Waals surface area contributed by atoms with Crippen molar-refractivity contribution in [1.29, 1.82) is 0 Å². The first-order valence-electron chi connectivity index (χ1n) is 5.90. The molecule has 0 spiro atoms. The van der Waals surface area contributed by atoms with E-state index in [9.17, 15) is 13.2 Å². The van der Waals surface area contributed by atoms with Crippen LogP contribution in [0.25, 0.3) is 0 Å². The highest BCUT2D eigenvalue weighted by molar-refractivity contribution is 7.89. The molecule has 1 rings (SSSR count). The molecule has 0 unspecified atom stereocenters. The Morgan fingerprint density at radius 1 is 1.22 bits per heavy atom. The summed E-state index contributed by atoms with van der Waals surface area (Å²) in [6.07, 6.45) is 0.250. The second-order valence-electron chi connectivity index (χ2n) is 4.51. The van der Waals surface area contributed by atoms with Crippen LogP contribution in [0.4, 0.5) is 0 Å². The highest BCUT2D eigenvalue weighted by Crippen LogP contribution is 2.14. The lowest BCUT2D eigenvalue weighted by Gasteiger charge is -2.17. The Bertz CT molecular complexity index is 494. The maximum Gasteiger partial charge on any atom is 0.242 e. The minimum atomic E-state index is -3.48. The van der Waals surface area contributed by atoms with Gasteiger partial charge in [0.25, 0.3) is 0 Å². The topological polar surface area (TPSA) is 54.5 Å². The number of hydrogen-bond donors (Lipinski definition) is 0. The van der Waals surface area contributed by atoms with Crippen molar-refractivity contribution in [3.63, 3.8) is 0 Å². The van der Waals surface area contributed by atoms with Gasteiger partial charge < -0.3 is 0 Å². The number of hydrogen-bond acceptors (Lipinski definition) is 3. The first-order valence-corrected chi connectivity index (χ1v) is 7.34. The van der Waals surface area contributed by atoms with E-state index in [1.54, 1.807) is 30.3 Å². The Labute approximate surface area is 109 Å². The monoisotopic (exact) mass is 269 g/mol. The molecular formula is C13H19NO3S. The van der Waals surface area contributed by atoms with E-state index in [-0.39, 0.29) is 29.6 Å². The zero-order valence-corrected chi connectivity index (χ0v) is 11.8. The fourth-order valence-corrected chi connectivity index (χ4v) is 2.64. The maximum atomic E-state index is 12.1. The third-order valence-electron chi connectivity index (χ3n) is 2.77. The molecule has 0 amide bonds. The summed E-state index contributed by atoms with van der Waals surface area (Å²) < 4.78 is 25.5. The fourth-order valence-electron chi connectivity index (χ4n) is 1.45. The minimum Gasteiger partial charge on any atom is -0.299 e. The van der Waals surface area contributed by atoms with Gasteiger partial charge >= 0.3 is 0 Å². The second-order valence-corrected chi connectivity index (χ2v) is 6.56.